The Morgan fingerprint density at radius 1 is 1.38 bits per heavy atom. The first-order valence-electron chi connectivity index (χ1n) is 4.33. The number of aromatic hydroxyl groups is 2. The summed E-state index contributed by atoms with van der Waals surface area (Å²) < 4.78 is 0. The number of hydrogen-bond donors (Lipinski definition) is 6. The minimum absolute atomic E-state index is 0.304. The Morgan fingerprint density at radius 3 is 2.44 bits per heavy atom. The van der Waals surface area contributed by atoms with Gasteiger partial charge in [-0.25, -0.2) is 10.2 Å². The molecular formula is C9H12N2O5. The van der Waals surface area contributed by atoms with Crippen LogP contribution >= 0.6 is 0 Å². The molecule has 0 aromatic heterocycles. The normalized spacial score (nSPS) is 14.4. The number of nitrogens with one attached hydrogen (secondary N) is 1. The second-order valence-electron chi connectivity index (χ2n) is 3.31. The third-order valence-electron chi connectivity index (χ3n) is 2.09. The van der Waals surface area contributed by atoms with E-state index in [1.54, 1.807) is 5.43 Å². The zero-order chi connectivity index (χ0) is 12.3. The van der Waals surface area contributed by atoms with Crippen LogP contribution in [0.5, 0.6) is 11.5 Å². The minimum atomic E-state index is -2.32. The molecule has 0 saturated carbocycles. The molecule has 0 aliphatic heterocycles. The van der Waals surface area contributed by atoms with E-state index < -0.39 is 17.4 Å². The highest BCUT2D eigenvalue weighted by Crippen LogP contribution is 2.26. The van der Waals surface area contributed by atoms with Crippen molar-refractivity contribution < 1.29 is 25.2 Å². The number of carboxylic acids is 1. The molecule has 1 atom stereocenters. The summed E-state index contributed by atoms with van der Waals surface area (Å²) in [6.45, 7) is 0. The molecule has 0 heterocycles. The van der Waals surface area contributed by atoms with E-state index in [0.717, 1.165) is 6.07 Å². The molecule has 0 radical (unpaired) electrons. The van der Waals surface area contributed by atoms with Gasteiger partial charge >= 0.3 is 5.97 Å². The van der Waals surface area contributed by atoms with E-state index >= 15 is 0 Å². The summed E-state index contributed by atoms with van der Waals surface area (Å²) in [6.07, 6.45) is -0.354. The van der Waals surface area contributed by atoms with Gasteiger partial charge in [-0.1, -0.05) is 6.07 Å². The van der Waals surface area contributed by atoms with Crippen LogP contribution in [0.4, 0.5) is 0 Å². The van der Waals surface area contributed by atoms with Gasteiger partial charge < -0.3 is 20.4 Å². The van der Waals surface area contributed by atoms with E-state index in [4.69, 9.17) is 16.1 Å². The van der Waals surface area contributed by atoms with Crippen molar-refractivity contribution in [3.63, 3.8) is 0 Å². The van der Waals surface area contributed by atoms with E-state index in [1.165, 1.54) is 12.1 Å². The van der Waals surface area contributed by atoms with Crippen LogP contribution in [0.25, 0.3) is 0 Å². The average molecular weight is 228 g/mol. The number of carboxylic acid groups (broad SMARTS) is 1. The quantitative estimate of drug-likeness (QED) is 0.166. The molecular weight excluding hydrogens is 216 g/mol. The van der Waals surface area contributed by atoms with Crippen molar-refractivity contribution in [1.82, 2.24) is 5.43 Å². The SMILES string of the molecule is NN[C@@](O)(Cc1ccc(O)c(O)c1)C(=O)O. The number of hydrogen-bond acceptors (Lipinski definition) is 6. The molecule has 7 N–H and O–H groups in total. The van der Waals surface area contributed by atoms with Crippen molar-refractivity contribution >= 4 is 5.97 Å². The average Bonchev–Trinajstić information content (AvgIpc) is 2.23. The molecule has 0 amide bonds. The van der Waals surface area contributed by atoms with Crippen LogP contribution in [0.15, 0.2) is 18.2 Å². The fourth-order valence-corrected chi connectivity index (χ4v) is 1.16. The summed E-state index contributed by atoms with van der Waals surface area (Å²) in [5, 5.41) is 36.5. The topological polar surface area (TPSA) is 136 Å². The van der Waals surface area contributed by atoms with Gasteiger partial charge in [0.15, 0.2) is 11.5 Å². The van der Waals surface area contributed by atoms with E-state index in [1.807, 2.05) is 0 Å². The van der Waals surface area contributed by atoms with Gasteiger partial charge in [-0.15, -0.1) is 0 Å². The number of carbonyl (C=O) groups is 1. The van der Waals surface area contributed by atoms with Gasteiger partial charge in [-0.05, 0) is 17.7 Å². The number of aliphatic hydroxyl groups is 1. The summed E-state index contributed by atoms with van der Waals surface area (Å²) in [5.41, 5.74) is -0.240. The zero-order valence-corrected chi connectivity index (χ0v) is 8.21. The number of phenolic OH excluding ortho intramolecular Hbond substituents is 2. The van der Waals surface area contributed by atoms with Gasteiger partial charge in [0.1, 0.15) is 0 Å². The van der Waals surface area contributed by atoms with Crippen LogP contribution in [0.2, 0.25) is 0 Å². The molecule has 7 heteroatoms. The molecule has 1 aromatic carbocycles. The largest absolute Gasteiger partial charge is 0.504 e. The molecule has 16 heavy (non-hydrogen) atoms. The monoisotopic (exact) mass is 228 g/mol. The molecule has 0 aliphatic carbocycles. The van der Waals surface area contributed by atoms with E-state index in [-0.39, 0.29) is 12.2 Å². The standard InChI is InChI=1S/C9H12N2O5/c10-11-9(16,8(14)15)4-5-1-2-6(12)7(13)3-5/h1-3,11-13,16H,4,10H2,(H,14,15)/t9-/m1/s1. The van der Waals surface area contributed by atoms with Gasteiger partial charge in [-0.2, -0.15) is 0 Å². The zero-order valence-electron chi connectivity index (χ0n) is 8.21. The fourth-order valence-electron chi connectivity index (χ4n) is 1.16. The Hall–Kier alpha value is -1.83. The number of benzene rings is 1. The Morgan fingerprint density at radius 2 is 2.00 bits per heavy atom. The summed E-state index contributed by atoms with van der Waals surface area (Å²) in [6, 6.07) is 3.68. The molecule has 0 unspecified atom stereocenters. The van der Waals surface area contributed by atoms with Crippen molar-refractivity contribution in [2.45, 2.75) is 12.1 Å². The Labute approximate surface area is 90.7 Å². The second kappa shape index (κ2) is 4.35. The minimum Gasteiger partial charge on any atom is -0.504 e. The van der Waals surface area contributed by atoms with Crippen LogP contribution in [0.1, 0.15) is 5.56 Å². The lowest BCUT2D eigenvalue weighted by atomic mass is 10.0. The molecule has 1 aromatic rings. The lowest BCUT2D eigenvalue weighted by molar-refractivity contribution is -0.162. The van der Waals surface area contributed by atoms with Gasteiger partial charge in [0.05, 0.1) is 0 Å². The third kappa shape index (κ3) is 2.40. The number of nitrogens with two attached hydrogens (primary N) is 1. The Balaban J connectivity index is 2.95. The third-order valence-corrected chi connectivity index (χ3v) is 2.09. The van der Waals surface area contributed by atoms with E-state index in [0.29, 0.717) is 5.56 Å². The van der Waals surface area contributed by atoms with Crippen LogP contribution in [0, 0.1) is 0 Å². The van der Waals surface area contributed by atoms with Crippen LogP contribution in [0.3, 0.4) is 0 Å². The van der Waals surface area contributed by atoms with Crippen molar-refractivity contribution in [2.75, 3.05) is 0 Å². The highest BCUT2D eigenvalue weighted by atomic mass is 16.4. The molecule has 0 spiro atoms. The number of aliphatic carboxylic acids is 1. The van der Waals surface area contributed by atoms with Crippen molar-refractivity contribution in [3.8, 4) is 11.5 Å². The van der Waals surface area contributed by atoms with Gasteiger partial charge in [-0.3, -0.25) is 5.84 Å². The predicted molar refractivity (Wildman–Crippen MR) is 53.4 cm³/mol. The van der Waals surface area contributed by atoms with Crippen LogP contribution in [-0.2, 0) is 11.2 Å². The summed E-state index contributed by atoms with van der Waals surface area (Å²) in [4.78, 5) is 10.7. The van der Waals surface area contributed by atoms with E-state index in [9.17, 15) is 15.0 Å². The second-order valence-corrected chi connectivity index (χ2v) is 3.31. The Bertz CT molecular complexity index is 409. The van der Waals surface area contributed by atoms with Crippen molar-refractivity contribution in [3.05, 3.63) is 23.8 Å². The Kier molecular flexibility index (Phi) is 3.33. The predicted octanol–water partition coefficient (Wildman–Crippen LogP) is -1.12. The highest BCUT2D eigenvalue weighted by Gasteiger charge is 2.35. The fraction of sp³-hybridized carbons (Fsp3) is 0.222. The van der Waals surface area contributed by atoms with E-state index in [2.05, 4.69) is 0 Å². The molecule has 0 bridgehead atoms. The first kappa shape index (κ1) is 12.2. The molecule has 7 nitrogen and oxygen atoms in total. The number of phenols is 2. The number of hydrazine groups is 1. The maximum absolute atomic E-state index is 10.7. The highest BCUT2D eigenvalue weighted by molar-refractivity contribution is 5.76. The van der Waals surface area contributed by atoms with Gasteiger partial charge in [0.2, 0.25) is 5.72 Å². The van der Waals surface area contributed by atoms with Crippen LogP contribution in [-0.4, -0.2) is 32.1 Å². The van der Waals surface area contributed by atoms with Gasteiger partial charge in [0.25, 0.3) is 0 Å². The first-order chi connectivity index (χ1) is 7.39. The lowest BCUT2D eigenvalue weighted by Crippen LogP contribution is -2.57. The van der Waals surface area contributed by atoms with Crippen molar-refractivity contribution in [2.24, 2.45) is 5.84 Å². The molecule has 0 fully saturated rings. The molecule has 0 saturated heterocycles. The molecule has 0 aliphatic rings. The van der Waals surface area contributed by atoms with Crippen molar-refractivity contribution in [1.29, 1.82) is 0 Å². The van der Waals surface area contributed by atoms with Gasteiger partial charge in [0, 0.05) is 6.42 Å². The summed E-state index contributed by atoms with van der Waals surface area (Å²) in [5.74, 6) is 2.66. The maximum Gasteiger partial charge on any atom is 0.352 e. The maximum atomic E-state index is 10.7. The summed E-state index contributed by atoms with van der Waals surface area (Å²) in [7, 11) is 0. The number of rotatable bonds is 4. The molecule has 88 valence electrons. The summed E-state index contributed by atoms with van der Waals surface area (Å²) >= 11 is 0. The molecule has 1 rings (SSSR count). The smallest absolute Gasteiger partial charge is 0.352 e. The first-order valence-corrected chi connectivity index (χ1v) is 4.33. The van der Waals surface area contributed by atoms with Crippen LogP contribution < -0.4 is 11.3 Å². The lowest BCUT2D eigenvalue weighted by Gasteiger charge is -2.22.